The normalized spacial score (nSPS) is 13.8. The van der Waals surface area contributed by atoms with Gasteiger partial charge in [-0.1, -0.05) is 0 Å². The van der Waals surface area contributed by atoms with Gasteiger partial charge in [0.2, 0.25) is 0 Å². The van der Waals surface area contributed by atoms with Crippen LogP contribution in [0.5, 0.6) is 0 Å². The molecule has 0 bridgehead atoms. The third kappa shape index (κ3) is 3.94. The van der Waals surface area contributed by atoms with Crippen molar-refractivity contribution >= 4 is 17.6 Å². The van der Waals surface area contributed by atoms with Crippen LogP contribution in [0.3, 0.4) is 0 Å². The molecule has 1 saturated carbocycles. The highest BCUT2D eigenvalue weighted by Crippen LogP contribution is 2.31. The maximum absolute atomic E-state index is 11.8. The molecule has 6 heteroatoms. The molecule has 0 aliphatic heterocycles. The smallest absolute Gasteiger partial charge is 0.323 e. The lowest BCUT2D eigenvalue weighted by molar-refractivity contribution is -0.135. The molecule has 2 rings (SSSR count). The molecule has 20 heavy (non-hydrogen) atoms. The number of aliphatic carboxylic acids is 1. The van der Waals surface area contributed by atoms with E-state index in [4.69, 9.17) is 5.11 Å². The van der Waals surface area contributed by atoms with Gasteiger partial charge in [0.1, 0.15) is 12.2 Å². The maximum atomic E-state index is 11.8. The third-order valence-electron chi connectivity index (χ3n) is 3.18. The van der Waals surface area contributed by atoms with Crippen molar-refractivity contribution in [3.8, 4) is 0 Å². The molecule has 0 radical (unpaired) electrons. The van der Waals surface area contributed by atoms with Crippen molar-refractivity contribution in [2.75, 3.05) is 24.5 Å². The first-order valence-electron chi connectivity index (χ1n) is 6.81. The van der Waals surface area contributed by atoms with Gasteiger partial charge in [0.25, 0.3) is 5.91 Å². The number of aromatic nitrogens is 1. The third-order valence-corrected chi connectivity index (χ3v) is 3.18. The van der Waals surface area contributed by atoms with E-state index in [0.29, 0.717) is 24.7 Å². The Hall–Kier alpha value is -2.11. The average Bonchev–Trinajstić information content (AvgIpc) is 3.22. The fourth-order valence-corrected chi connectivity index (χ4v) is 2.03. The molecule has 0 atom stereocenters. The second-order valence-corrected chi connectivity index (χ2v) is 4.98. The number of nitrogens with zero attached hydrogens (tertiary/aromatic N) is 2. The summed E-state index contributed by atoms with van der Waals surface area (Å²) in [7, 11) is 0. The molecule has 108 valence electrons. The summed E-state index contributed by atoms with van der Waals surface area (Å²) in [6.07, 6.45) is 3.83. The van der Waals surface area contributed by atoms with Crippen LogP contribution in [0.2, 0.25) is 0 Å². The first-order valence-corrected chi connectivity index (χ1v) is 6.81. The molecule has 1 aromatic rings. The highest BCUT2D eigenvalue weighted by atomic mass is 16.4. The Morgan fingerprint density at radius 2 is 2.25 bits per heavy atom. The van der Waals surface area contributed by atoms with Crippen LogP contribution >= 0.6 is 0 Å². The van der Waals surface area contributed by atoms with E-state index in [-0.39, 0.29) is 12.5 Å². The number of nitrogens with one attached hydrogen (secondary N) is 1. The van der Waals surface area contributed by atoms with Crippen LogP contribution in [0, 0.1) is 5.92 Å². The highest BCUT2D eigenvalue weighted by Gasteiger charge is 2.25. The molecule has 2 N–H and O–H groups in total. The summed E-state index contributed by atoms with van der Waals surface area (Å²) in [5.41, 5.74) is 1.05. The maximum Gasteiger partial charge on any atom is 0.323 e. The fraction of sp³-hybridized carbons (Fsp3) is 0.500. The largest absolute Gasteiger partial charge is 0.480 e. The minimum absolute atomic E-state index is 0.0602. The molecule has 0 aromatic carbocycles. The monoisotopic (exact) mass is 277 g/mol. The van der Waals surface area contributed by atoms with Crippen molar-refractivity contribution in [3.63, 3.8) is 0 Å². The summed E-state index contributed by atoms with van der Waals surface area (Å²) in [4.78, 5) is 28.6. The molecule has 1 aliphatic rings. The van der Waals surface area contributed by atoms with Gasteiger partial charge in [0.15, 0.2) is 0 Å². The Bertz CT molecular complexity index is 500. The first kappa shape index (κ1) is 14.3. The Morgan fingerprint density at radius 1 is 1.50 bits per heavy atom. The zero-order chi connectivity index (χ0) is 14.5. The van der Waals surface area contributed by atoms with Crippen LogP contribution in [0.1, 0.15) is 30.3 Å². The summed E-state index contributed by atoms with van der Waals surface area (Å²) >= 11 is 0. The van der Waals surface area contributed by atoms with E-state index in [2.05, 4.69) is 10.3 Å². The van der Waals surface area contributed by atoms with Crippen molar-refractivity contribution in [3.05, 3.63) is 24.0 Å². The standard InChI is InChI=1S/C14H19N3O3/c1-2-15-14(20)12-7-11(5-6-16-12)17(9-13(18)19)8-10-3-4-10/h5-7,10H,2-4,8-9H2,1H3,(H,15,20)(H,18,19). The average molecular weight is 277 g/mol. The Labute approximate surface area is 117 Å². The molecule has 6 nitrogen and oxygen atoms in total. The van der Waals surface area contributed by atoms with Crippen molar-refractivity contribution in [1.29, 1.82) is 0 Å². The molecule has 1 aliphatic carbocycles. The molecule has 1 amide bonds. The molecule has 0 unspecified atom stereocenters. The van der Waals surface area contributed by atoms with Gasteiger partial charge in [0.05, 0.1) is 0 Å². The second kappa shape index (κ2) is 6.36. The van der Waals surface area contributed by atoms with E-state index in [9.17, 15) is 9.59 Å². The molecule has 1 fully saturated rings. The fourth-order valence-electron chi connectivity index (χ4n) is 2.03. The number of rotatable bonds is 7. The second-order valence-electron chi connectivity index (χ2n) is 4.98. The van der Waals surface area contributed by atoms with Crippen LogP contribution in [-0.2, 0) is 4.79 Å². The molecule has 1 aromatic heterocycles. The van der Waals surface area contributed by atoms with Crippen LogP contribution in [0.4, 0.5) is 5.69 Å². The van der Waals surface area contributed by atoms with E-state index >= 15 is 0 Å². The van der Waals surface area contributed by atoms with E-state index in [1.165, 1.54) is 0 Å². The van der Waals surface area contributed by atoms with Crippen molar-refractivity contribution in [2.45, 2.75) is 19.8 Å². The SMILES string of the molecule is CCNC(=O)c1cc(N(CC(=O)O)CC2CC2)ccn1. The molecule has 0 saturated heterocycles. The van der Waals surface area contributed by atoms with Gasteiger partial charge in [-0.2, -0.15) is 0 Å². The van der Waals surface area contributed by atoms with Crippen LogP contribution in [0.25, 0.3) is 0 Å². The molecular formula is C14H19N3O3. The zero-order valence-corrected chi connectivity index (χ0v) is 11.5. The zero-order valence-electron chi connectivity index (χ0n) is 11.5. The van der Waals surface area contributed by atoms with E-state index in [1.54, 1.807) is 23.2 Å². The predicted molar refractivity (Wildman–Crippen MR) is 74.8 cm³/mol. The van der Waals surface area contributed by atoms with Gasteiger partial charge in [-0.25, -0.2) is 0 Å². The van der Waals surface area contributed by atoms with Crippen LogP contribution in [-0.4, -0.2) is 41.6 Å². The van der Waals surface area contributed by atoms with E-state index in [1.807, 2.05) is 6.92 Å². The van der Waals surface area contributed by atoms with Crippen molar-refractivity contribution in [2.24, 2.45) is 5.92 Å². The number of amides is 1. The number of carbonyl (C=O) groups is 2. The number of carbonyl (C=O) groups excluding carboxylic acids is 1. The predicted octanol–water partition coefficient (Wildman–Crippen LogP) is 1.13. The summed E-state index contributed by atoms with van der Waals surface area (Å²) in [6.45, 7) is 3.03. The number of anilines is 1. The molecule has 0 spiro atoms. The first-order chi connectivity index (χ1) is 9.60. The number of pyridine rings is 1. The lowest BCUT2D eigenvalue weighted by atomic mass is 10.2. The highest BCUT2D eigenvalue weighted by molar-refractivity contribution is 5.93. The lowest BCUT2D eigenvalue weighted by Gasteiger charge is -2.23. The van der Waals surface area contributed by atoms with Gasteiger partial charge < -0.3 is 15.3 Å². The minimum Gasteiger partial charge on any atom is -0.480 e. The van der Waals surface area contributed by atoms with Gasteiger partial charge in [-0.3, -0.25) is 14.6 Å². The Morgan fingerprint density at radius 3 is 2.85 bits per heavy atom. The lowest BCUT2D eigenvalue weighted by Crippen LogP contribution is -2.32. The van der Waals surface area contributed by atoms with E-state index in [0.717, 1.165) is 18.5 Å². The quantitative estimate of drug-likeness (QED) is 0.780. The Kier molecular flexibility index (Phi) is 4.55. The van der Waals surface area contributed by atoms with Gasteiger partial charge >= 0.3 is 5.97 Å². The van der Waals surface area contributed by atoms with Gasteiger partial charge in [-0.15, -0.1) is 0 Å². The van der Waals surface area contributed by atoms with Crippen molar-refractivity contribution < 1.29 is 14.7 Å². The summed E-state index contributed by atoms with van der Waals surface area (Å²) in [5.74, 6) is -0.548. The minimum atomic E-state index is -0.873. The number of hydrogen-bond acceptors (Lipinski definition) is 4. The Balaban J connectivity index is 2.16. The summed E-state index contributed by atoms with van der Waals surface area (Å²) in [5, 5.41) is 11.7. The van der Waals surface area contributed by atoms with Crippen LogP contribution < -0.4 is 10.2 Å². The number of carboxylic acid groups (broad SMARTS) is 1. The molecular weight excluding hydrogens is 258 g/mol. The molecule has 1 heterocycles. The van der Waals surface area contributed by atoms with Gasteiger partial charge in [0, 0.05) is 25.0 Å². The van der Waals surface area contributed by atoms with E-state index < -0.39 is 5.97 Å². The van der Waals surface area contributed by atoms with Crippen molar-refractivity contribution in [1.82, 2.24) is 10.3 Å². The van der Waals surface area contributed by atoms with Gasteiger partial charge in [-0.05, 0) is 37.8 Å². The topological polar surface area (TPSA) is 82.5 Å². The number of carboxylic acids is 1. The summed E-state index contributed by atoms with van der Waals surface area (Å²) in [6, 6.07) is 3.39. The number of hydrogen-bond donors (Lipinski definition) is 2. The summed E-state index contributed by atoms with van der Waals surface area (Å²) < 4.78 is 0. The van der Waals surface area contributed by atoms with Crippen LogP contribution in [0.15, 0.2) is 18.3 Å².